The van der Waals surface area contributed by atoms with Gasteiger partial charge in [-0.2, -0.15) is 5.10 Å². The van der Waals surface area contributed by atoms with Gasteiger partial charge in [-0.3, -0.25) is 24.0 Å². The third kappa shape index (κ3) is 5.52. The van der Waals surface area contributed by atoms with Crippen LogP contribution in [-0.2, 0) is 16.1 Å². The van der Waals surface area contributed by atoms with Gasteiger partial charge in [-0.1, -0.05) is 25.3 Å². The monoisotopic (exact) mass is 628 g/mol. The van der Waals surface area contributed by atoms with E-state index in [9.17, 15) is 14.4 Å². The second-order valence-corrected chi connectivity index (χ2v) is 11.1. The van der Waals surface area contributed by atoms with Gasteiger partial charge in [-0.15, -0.1) is 6.42 Å². The lowest BCUT2D eigenvalue weighted by molar-refractivity contribution is -0.138. The molecule has 214 valence electrons. The Morgan fingerprint density at radius 1 is 1.14 bits per heavy atom. The van der Waals surface area contributed by atoms with Crippen LogP contribution in [0.2, 0.25) is 0 Å². The fraction of sp³-hybridized carbons (Fsp3) is 0.333. The van der Waals surface area contributed by atoms with Gasteiger partial charge in [0.15, 0.2) is 5.78 Å². The molecular formula is C30H29BrN8O3. The van der Waals surface area contributed by atoms with Crippen molar-refractivity contribution in [3.63, 3.8) is 0 Å². The molecule has 42 heavy (non-hydrogen) atoms. The van der Waals surface area contributed by atoms with Crippen molar-refractivity contribution in [2.45, 2.75) is 59.2 Å². The van der Waals surface area contributed by atoms with E-state index in [4.69, 9.17) is 6.42 Å². The molecule has 0 spiro atoms. The smallest absolute Gasteiger partial charge is 0.248 e. The summed E-state index contributed by atoms with van der Waals surface area (Å²) in [6, 6.07) is 3.99. The predicted molar refractivity (Wildman–Crippen MR) is 160 cm³/mol. The van der Waals surface area contributed by atoms with E-state index < -0.39 is 12.1 Å². The first-order valence-corrected chi connectivity index (χ1v) is 14.3. The van der Waals surface area contributed by atoms with Gasteiger partial charge < -0.3 is 10.2 Å². The van der Waals surface area contributed by atoms with Crippen LogP contribution in [0, 0.1) is 32.1 Å². The maximum absolute atomic E-state index is 13.9. The Morgan fingerprint density at radius 2 is 1.88 bits per heavy atom. The number of rotatable bonds is 7. The summed E-state index contributed by atoms with van der Waals surface area (Å²) in [5, 5.41) is 7.90. The normalized spacial score (nSPS) is 18.2. The molecule has 5 rings (SSSR count). The topological polar surface area (TPSA) is 136 Å². The minimum absolute atomic E-state index is 0.0608. The molecule has 1 saturated heterocycles. The Balaban J connectivity index is 1.48. The van der Waals surface area contributed by atoms with Crippen molar-refractivity contribution >= 4 is 50.2 Å². The maximum Gasteiger partial charge on any atom is 0.248 e. The number of fused-ring (bicyclic) bond motifs is 1. The number of likely N-dealkylation sites (tertiary alicyclic amines) is 1. The fourth-order valence-corrected chi connectivity index (χ4v) is 5.60. The summed E-state index contributed by atoms with van der Waals surface area (Å²) >= 11 is 3.34. The average Bonchev–Trinajstić information content (AvgIpc) is 3.53. The minimum atomic E-state index is -0.802. The van der Waals surface area contributed by atoms with Crippen molar-refractivity contribution in [3.8, 4) is 23.6 Å². The Hall–Kier alpha value is -4.50. The van der Waals surface area contributed by atoms with Crippen LogP contribution >= 0.6 is 15.9 Å². The molecule has 1 fully saturated rings. The molecule has 12 heteroatoms. The first-order chi connectivity index (χ1) is 20.1. The van der Waals surface area contributed by atoms with Crippen molar-refractivity contribution in [1.82, 2.24) is 34.6 Å². The zero-order valence-electron chi connectivity index (χ0n) is 23.6. The molecular weight excluding hydrogens is 600 g/mol. The summed E-state index contributed by atoms with van der Waals surface area (Å²) in [5.74, 6) is 2.70. The molecule has 0 bridgehead atoms. The van der Waals surface area contributed by atoms with E-state index in [-0.39, 0.29) is 35.8 Å². The Bertz CT molecular complexity index is 1740. The van der Waals surface area contributed by atoms with E-state index in [2.05, 4.69) is 52.2 Å². The summed E-state index contributed by atoms with van der Waals surface area (Å²) in [5.41, 5.74) is 2.75. The molecule has 1 aliphatic heterocycles. The van der Waals surface area contributed by atoms with Gasteiger partial charge in [-0.25, -0.2) is 15.0 Å². The number of hydrogen-bond donors (Lipinski definition) is 1. The van der Waals surface area contributed by atoms with Crippen LogP contribution in [-0.4, -0.2) is 64.3 Å². The summed E-state index contributed by atoms with van der Waals surface area (Å²) in [4.78, 5) is 58.8. The van der Waals surface area contributed by atoms with Crippen LogP contribution in [0.4, 0.5) is 5.82 Å². The van der Waals surface area contributed by atoms with Crippen molar-refractivity contribution in [2.24, 2.45) is 5.92 Å². The number of nitrogens with one attached hydrogen (secondary N) is 1. The highest BCUT2D eigenvalue weighted by molar-refractivity contribution is 9.10. The first kappa shape index (κ1) is 29.0. The van der Waals surface area contributed by atoms with Crippen molar-refractivity contribution in [3.05, 3.63) is 58.5 Å². The highest BCUT2D eigenvalue weighted by Crippen LogP contribution is 2.34. The second kappa shape index (κ2) is 11.8. The number of Topliss-reactive ketones (excluding diaryl/α,β-unsaturated/α-hetero) is 1. The summed E-state index contributed by atoms with van der Waals surface area (Å²) < 4.78 is 2.02. The van der Waals surface area contributed by atoms with Gasteiger partial charge >= 0.3 is 0 Å². The SMILES string of the molecule is C#C[C@@H]1C(CC)C[C@@H](C(=O)Nc2nc(Br)ccc2C)N1C(=O)Cn1nc(C(C)=O)c2cc(-c3cnc(C)nc3)ncc21. The van der Waals surface area contributed by atoms with E-state index in [0.29, 0.717) is 51.2 Å². The van der Waals surface area contributed by atoms with E-state index in [1.54, 1.807) is 37.6 Å². The maximum atomic E-state index is 13.9. The Kier molecular flexibility index (Phi) is 8.13. The van der Waals surface area contributed by atoms with Crippen molar-refractivity contribution < 1.29 is 14.4 Å². The molecule has 0 aromatic carbocycles. The summed E-state index contributed by atoms with van der Waals surface area (Å²) in [7, 11) is 0. The second-order valence-electron chi connectivity index (χ2n) is 10.3. The molecule has 4 aromatic rings. The van der Waals surface area contributed by atoms with Gasteiger partial charge in [0.2, 0.25) is 11.8 Å². The van der Waals surface area contributed by atoms with Crippen molar-refractivity contribution in [1.29, 1.82) is 0 Å². The standard InChI is InChI=1S/C30H29BrN8O3/c1-6-19-10-24(30(42)36-29-16(3)8-9-26(31)35-29)39(23(19)7-2)27(41)15-38-25-14-34-22(20-12-32-18(5)33-13-20)11-21(25)28(37-38)17(4)40/h2,8-9,11-14,19,23-24H,6,10,15H2,1,3-5H3,(H,35,36,42)/t19?,23-,24+/m1/s1. The molecule has 11 nitrogen and oxygen atoms in total. The highest BCUT2D eigenvalue weighted by atomic mass is 79.9. The van der Waals surface area contributed by atoms with Gasteiger partial charge in [0.1, 0.15) is 34.5 Å². The largest absolute Gasteiger partial charge is 0.315 e. The Labute approximate surface area is 251 Å². The first-order valence-electron chi connectivity index (χ1n) is 13.5. The molecule has 4 aromatic heterocycles. The van der Waals surface area contributed by atoms with Crippen molar-refractivity contribution in [2.75, 3.05) is 5.32 Å². The number of ketones is 1. The molecule has 1 unspecified atom stereocenters. The summed E-state index contributed by atoms with van der Waals surface area (Å²) in [6.45, 7) is 6.80. The van der Waals surface area contributed by atoms with E-state index >= 15 is 0 Å². The zero-order valence-corrected chi connectivity index (χ0v) is 25.2. The lowest BCUT2D eigenvalue weighted by Crippen LogP contribution is -2.48. The van der Waals surface area contributed by atoms with E-state index in [1.807, 2.05) is 19.9 Å². The van der Waals surface area contributed by atoms with Gasteiger partial charge in [0, 0.05) is 30.3 Å². The molecule has 0 aliphatic carbocycles. The predicted octanol–water partition coefficient (Wildman–Crippen LogP) is 4.13. The van der Waals surface area contributed by atoms with Gasteiger partial charge in [0.05, 0.1) is 23.4 Å². The van der Waals surface area contributed by atoms with Gasteiger partial charge in [-0.05, 0) is 59.8 Å². The number of carbonyl (C=O) groups is 3. The number of halogens is 1. The van der Waals surface area contributed by atoms with Crippen LogP contribution in [0.1, 0.15) is 48.6 Å². The molecule has 1 N–H and O–H groups in total. The van der Waals surface area contributed by atoms with Crippen LogP contribution in [0.5, 0.6) is 0 Å². The zero-order chi connectivity index (χ0) is 30.1. The molecule has 0 radical (unpaired) electrons. The van der Waals surface area contributed by atoms with E-state index in [1.165, 1.54) is 16.5 Å². The van der Waals surface area contributed by atoms with Crippen LogP contribution in [0.25, 0.3) is 22.2 Å². The van der Waals surface area contributed by atoms with Crippen LogP contribution < -0.4 is 5.32 Å². The van der Waals surface area contributed by atoms with Crippen LogP contribution in [0.3, 0.4) is 0 Å². The molecule has 1 aliphatic rings. The number of hydrogen-bond acceptors (Lipinski definition) is 8. The lowest BCUT2D eigenvalue weighted by atomic mass is 9.96. The molecule has 5 heterocycles. The number of nitrogens with zero attached hydrogens (tertiary/aromatic N) is 7. The molecule has 0 saturated carbocycles. The number of amides is 2. The van der Waals surface area contributed by atoms with Gasteiger partial charge in [0.25, 0.3) is 0 Å². The third-order valence-electron chi connectivity index (χ3n) is 7.53. The van der Waals surface area contributed by atoms with Crippen LogP contribution in [0.15, 0.2) is 41.4 Å². The lowest BCUT2D eigenvalue weighted by Gasteiger charge is -2.28. The average molecular weight is 630 g/mol. The number of carbonyl (C=O) groups excluding carboxylic acids is 3. The Morgan fingerprint density at radius 3 is 2.55 bits per heavy atom. The molecule has 2 amide bonds. The number of aryl methyl sites for hydroxylation is 2. The fourth-order valence-electron chi connectivity index (χ4n) is 5.30. The van der Waals surface area contributed by atoms with E-state index in [0.717, 1.165) is 5.56 Å². The number of pyridine rings is 2. The minimum Gasteiger partial charge on any atom is -0.315 e. The summed E-state index contributed by atoms with van der Waals surface area (Å²) in [6.07, 6.45) is 11.9. The number of aromatic nitrogens is 6. The quantitative estimate of drug-likeness (QED) is 0.183. The number of terminal acetylenes is 1. The third-order valence-corrected chi connectivity index (χ3v) is 7.97. The molecule has 3 atom stereocenters. The highest BCUT2D eigenvalue weighted by Gasteiger charge is 2.45. The number of anilines is 1.